The van der Waals surface area contributed by atoms with Gasteiger partial charge in [-0.25, -0.2) is 0 Å². The Hall–Kier alpha value is -0.910. The van der Waals surface area contributed by atoms with E-state index in [2.05, 4.69) is 24.8 Å². The Balaban J connectivity index is 1.93. The number of amides is 1. The first kappa shape index (κ1) is 19.4. The molecule has 2 N–H and O–H groups in total. The molecule has 1 unspecified atom stereocenters. The molecule has 0 aromatic rings. The smallest absolute Gasteiger partial charge is 0.225 e. The van der Waals surface area contributed by atoms with E-state index >= 15 is 0 Å². The van der Waals surface area contributed by atoms with Crippen LogP contribution in [-0.2, 0) is 4.79 Å². The first-order valence-electron chi connectivity index (χ1n) is 9.36. The van der Waals surface area contributed by atoms with Crippen LogP contribution in [-0.4, -0.2) is 71.9 Å². The summed E-state index contributed by atoms with van der Waals surface area (Å²) in [4.78, 5) is 17.2. The molecule has 0 aromatic carbocycles. The Kier molecular flexibility index (Phi) is 7.26. The van der Waals surface area contributed by atoms with Gasteiger partial charge in [0.1, 0.15) is 0 Å². The molecule has 2 saturated heterocycles. The molecule has 5 nitrogen and oxygen atoms in total. The summed E-state index contributed by atoms with van der Waals surface area (Å²) in [7, 11) is 0. The van der Waals surface area contributed by atoms with E-state index in [9.17, 15) is 9.90 Å². The average Bonchev–Trinajstić information content (AvgIpc) is 2.60. The zero-order valence-electron chi connectivity index (χ0n) is 15.3. The first-order chi connectivity index (χ1) is 11.5. The van der Waals surface area contributed by atoms with E-state index < -0.39 is 0 Å². The van der Waals surface area contributed by atoms with E-state index in [0.717, 1.165) is 51.7 Å². The number of piperidine rings is 2. The number of allylic oxidation sites excluding steroid dienone is 2. The molecular weight excluding hydrogens is 304 g/mol. The molecule has 5 heteroatoms. The number of carbonyl (C=O) groups is 1. The molecule has 1 amide bonds. The summed E-state index contributed by atoms with van der Waals surface area (Å²) in [5.41, 5.74) is 1.10. The second-order valence-electron chi connectivity index (χ2n) is 7.85. The molecule has 2 rings (SSSR count). The highest BCUT2D eigenvalue weighted by molar-refractivity contribution is 5.79. The topological polar surface area (TPSA) is 64.0 Å². The van der Waals surface area contributed by atoms with Gasteiger partial charge in [0.05, 0.1) is 13.2 Å². The van der Waals surface area contributed by atoms with Crippen LogP contribution in [0, 0.1) is 11.3 Å². The van der Waals surface area contributed by atoms with Crippen molar-refractivity contribution in [3.8, 4) is 0 Å². The molecule has 138 valence electrons. The van der Waals surface area contributed by atoms with Gasteiger partial charge in [0.2, 0.25) is 5.91 Å². The highest BCUT2D eigenvalue weighted by Gasteiger charge is 2.38. The number of aliphatic hydroxyl groups is 2. The van der Waals surface area contributed by atoms with Gasteiger partial charge < -0.3 is 20.0 Å². The van der Waals surface area contributed by atoms with Gasteiger partial charge in [-0.2, -0.15) is 0 Å². The van der Waals surface area contributed by atoms with Gasteiger partial charge in [0.15, 0.2) is 0 Å². The van der Waals surface area contributed by atoms with E-state index in [1.165, 1.54) is 5.57 Å². The summed E-state index contributed by atoms with van der Waals surface area (Å²) in [5.74, 6) is 0.381. The van der Waals surface area contributed by atoms with Crippen LogP contribution >= 0.6 is 0 Å². The summed E-state index contributed by atoms with van der Waals surface area (Å²) in [6, 6.07) is 0. The van der Waals surface area contributed by atoms with Gasteiger partial charge in [-0.3, -0.25) is 4.79 Å². The third kappa shape index (κ3) is 5.04. The number of rotatable bonds is 6. The molecule has 2 aliphatic heterocycles. The number of aliphatic hydroxyl groups excluding tert-OH is 2. The zero-order valence-corrected chi connectivity index (χ0v) is 15.3. The lowest BCUT2D eigenvalue weighted by Gasteiger charge is -2.43. The quantitative estimate of drug-likeness (QED) is 0.723. The van der Waals surface area contributed by atoms with Crippen LogP contribution in [0.15, 0.2) is 11.6 Å². The lowest BCUT2D eigenvalue weighted by Crippen LogP contribution is -2.51. The minimum absolute atomic E-state index is 0.109. The number of likely N-dealkylation sites (tertiary alicyclic amines) is 2. The normalized spacial score (nSPS) is 26.4. The second kappa shape index (κ2) is 8.97. The Morgan fingerprint density at radius 1 is 1.21 bits per heavy atom. The van der Waals surface area contributed by atoms with Crippen LogP contribution in [0.25, 0.3) is 0 Å². The van der Waals surface area contributed by atoms with Crippen LogP contribution < -0.4 is 0 Å². The number of β-amino-alcohol motifs (C(OH)–C–C–N with tert-alkyl or cyclic N) is 1. The lowest BCUT2D eigenvalue weighted by molar-refractivity contribution is -0.141. The molecule has 0 bridgehead atoms. The second-order valence-corrected chi connectivity index (χ2v) is 7.85. The molecule has 2 fully saturated rings. The van der Waals surface area contributed by atoms with Gasteiger partial charge in [0, 0.05) is 31.0 Å². The fourth-order valence-corrected chi connectivity index (χ4v) is 3.98. The number of hydrogen-bond donors (Lipinski definition) is 2. The molecular formula is C19H34N2O3. The van der Waals surface area contributed by atoms with Gasteiger partial charge >= 0.3 is 0 Å². The van der Waals surface area contributed by atoms with Crippen molar-refractivity contribution in [1.82, 2.24) is 9.80 Å². The molecule has 1 atom stereocenters. The van der Waals surface area contributed by atoms with Gasteiger partial charge in [-0.15, -0.1) is 0 Å². The molecule has 0 spiro atoms. The van der Waals surface area contributed by atoms with Crippen LogP contribution in [0.3, 0.4) is 0 Å². The highest BCUT2D eigenvalue weighted by Crippen LogP contribution is 2.35. The largest absolute Gasteiger partial charge is 0.396 e. The average molecular weight is 338 g/mol. The van der Waals surface area contributed by atoms with Crippen molar-refractivity contribution in [1.29, 1.82) is 0 Å². The molecule has 24 heavy (non-hydrogen) atoms. The predicted octanol–water partition coefficient (Wildman–Crippen LogP) is 1.65. The van der Waals surface area contributed by atoms with Gasteiger partial charge in [-0.1, -0.05) is 11.6 Å². The Labute approximate surface area is 146 Å². The maximum Gasteiger partial charge on any atom is 0.225 e. The van der Waals surface area contributed by atoms with Crippen molar-refractivity contribution < 1.29 is 15.0 Å². The van der Waals surface area contributed by atoms with Crippen molar-refractivity contribution in [3.63, 3.8) is 0 Å². The maximum absolute atomic E-state index is 12.9. The van der Waals surface area contributed by atoms with Crippen molar-refractivity contribution in [2.75, 3.05) is 45.9 Å². The van der Waals surface area contributed by atoms with E-state index in [-0.39, 0.29) is 30.5 Å². The van der Waals surface area contributed by atoms with Gasteiger partial charge in [0.25, 0.3) is 0 Å². The summed E-state index contributed by atoms with van der Waals surface area (Å²) >= 11 is 0. The fourth-order valence-electron chi connectivity index (χ4n) is 3.98. The standard InChI is InChI=1S/C19H34N2O3/c1-16(2)4-8-19(15-23)7-3-9-21(14-19)18(24)17-5-10-20(11-6-17)12-13-22/h4,17,22-23H,3,5-15H2,1-2H3. The lowest BCUT2D eigenvalue weighted by atomic mass is 9.77. The van der Waals surface area contributed by atoms with Crippen LogP contribution in [0.1, 0.15) is 46.0 Å². The number of hydrogen-bond acceptors (Lipinski definition) is 4. The molecule has 0 aromatic heterocycles. The third-order valence-electron chi connectivity index (χ3n) is 5.60. The molecule has 2 aliphatic rings. The SMILES string of the molecule is CC(C)=CCC1(CO)CCCN(C(=O)C2CCN(CCO)CC2)C1. The predicted molar refractivity (Wildman–Crippen MR) is 95.6 cm³/mol. The maximum atomic E-state index is 12.9. The number of carbonyl (C=O) groups excluding carboxylic acids is 1. The molecule has 0 radical (unpaired) electrons. The monoisotopic (exact) mass is 338 g/mol. The minimum Gasteiger partial charge on any atom is -0.396 e. The molecule has 0 aliphatic carbocycles. The van der Waals surface area contributed by atoms with E-state index in [0.29, 0.717) is 13.1 Å². The van der Waals surface area contributed by atoms with Crippen LogP contribution in [0.4, 0.5) is 0 Å². The van der Waals surface area contributed by atoms with E-state index in [1.54, 1.807) is 0 Å². The van der Waals surface area contributed by atoms with Crippen LogP contribution in [0.2, 0.25) is 0 Å². The first-order valence-corrected chi connectivity index (χ1v) is 9.36. The zero-order chi connectivity index (χ0) is 17.6. The van der Waals surface area contributed by atoms with E-state index in [4.69, 9.17) is 5.11 Å². The molecule has 2 heterocycles. The van der Waals surface area contributed by atoms with Crippen molar-refractivity contribution in [2.45, 2.75) is 46.0 Å². The van der Waals surface area contributed by atoms with Gasteiger partial charge in [-0.05, 0) is 59.0 Å². The van der Waals surface area contributed by atoms with Crippen molar-refractivity contribution in [2.24, 2.45) is 11.3 Å². The van der Waals surface area contributed by atoms with Crippen molar-refractivity contribution in [3.05, 3.63) is 11.6 Å². The van der Waals surface area contributed by atoms with Crippen LogP contribution in [0.5, 0.6) is 0 Å². The highest BCUT2D eigenvalue weighted by atomic mass is 16.3. The summed E-state index contributed by atoms with van der Waals surface area (Å²) in [6.45, 7) is 8.51. The minimum atomic E-state index is -0.164. The summed E-state index contributed by atoms with van der Waals surface area (Å²) in [6.07, 6.45) is 6.78. The Morgan fingerprint density at radius 3 is 2.50 bits per heavy atom. The van der Waals surface area contributed by atoms with Crippen molar-refractivity contribution >= 4 is 5.91 Å². The Bertz CT molecular complexity index is 440. The summed E-state index contributed by atoms with van der Waals surface area (Å²) in [5, 5.41) is 19.0. The summed E-state index contributed by atoms with van der Waals surface area (Å²) < 4.78 is 0. The Morgan fingerprint density at radius 2 is 1.92 bits per heavy atom. The fraction of sp³-hybridized carbons (Fsp3) is 0.842. The van der Waals surface area contributed by atoms with E-state index in [1.807, 2.05) is 4.90 Å². The third-order valence-corrected chi connectivity index (χ3v) is 5.60. The molecule has 0 saturated carbocycles. The number of nitrogens with zero attached hydrogens (tertiary/aromatic N) is 2.